The van der Waals surface area contributed by atoms with Gasteiger partial charge in [-0.1, -0.05) is 0 Å². The van der Waals surface area contributed by atoms with Crippen molar-refractivity contribution in [3.8, 4) is 5.88 Å². The van der Waals surface area contributed by atoms with Gasteiger partial charge in [-0.2, -0.15) is 10.2 Å². The molecule has 7 heteroatoms. The van der Waals surface area contributed by atoms with Gasteiger partial charge < -0.3 is 9.64 Å². The van der Waals surface area contributed by atoms with Crippen LogP contribution in [0.4, 0.5) is 0 Å². The summed E-state index contributed by atoms with van der Waals surface area (Å²) < 4.78 is 6.59. The lowest BCUT2D eigenvalue weighted by atomic mass is 10.1. The maximum absolute atomic E-state index is 12.0. The first-order valence-electron chi connectivity index (χ1n) is 6.53. The van der Waals surface area contributed by atoms with E-state index in [9.17, 15) is 4.79 Å². The number of hydrogen-bond donors (Lipinski definition) is 0. The molecular weight excluding hydrogens is 336 g/mol. The largest absolute Gasteiger partial charge is 0.471 e. The standard InChI is InChI=1S/C14H13BrN4O2/c15-10-3-4-13(16-7-10)21-12-8-19(9-12)14(20)6-11-2-1-5-17-18-11/h1-5,7,12H,6,8-9H2. The van der Waals surface area contributed by atoms with Gasteiger partial charge >= 0.3 is 0 Å². The van der Waals surface area contributed by atoms with Gasteiger partial charge in [0.05, 0.1) is 25.2 Å². The Hall–Kier alpha value is -2.02. The average molecular weight is 349 g/mol. The number of pyridine rings is 1. The summed E-state index contributed by atoms with van der Waals surface area (Å²) in [6, 6.07) is 7.24. The van der Waals surface area contributed by atoms with E-state index in [0.29, 0.717) is 24.7 Å². The first kappa shape index (κ1) is 13.9. The smallest absolute Gasteiger partial charge is 0.228 e. The molecule has 3 heterocycles. The lowest BCUT2D eigenvalue weighted by molar-refractivity contribution is -0.139. The van der Waals surface area contributed by atoms with Crippen LogP contribution >= 0.6 is 15.9 Å². The maximum Gasteiger partial charge on any atom is 0.228 e. The summed E-state index contributed by atoms with van der Waals surface area (Å²) >= 11 is 3.32. The van der Waals surface area contributed by atoms with Crippen molar-refractivity contribution < 1.29 is 9.53 Å². The molecule has 2 aromatic rings. The molecule has 1 aliphatic rings. The lowest BCUT2D eigenvalue weighted by Crippen LogP contribution is -2.56. The SMILES string of the molecule is O=C(Cc1cccnn1)N1CC(Oc2ccc(Br)cn2)C1. The molecule has 0 radical (unpaired) electrons. The van der Waals surface area contributed by atoms with Crippen LogP contribution in [-0.4, -0.2) is 45.2 Å². The number of amides is 1. The molecule has 2 aromatic heterocycles. The third kappa shape index (κ3) is 3.55. The van der Waals surface area contributed by atoms with Gasteiger partial charge in [0.2, 0.25) is 11.8 Å². The number of carbonyl (C=O) groups is 1. The van der Waals surface area contributed by atoms with Crippen molar-refractivity contribution in [2.75, 3.05) is 13.1 Å². The molecule has 0 N–H and O–H groups in total. The molecule has 21 heavy (non-hydrogen) atoms. The van der Waals surface area contributed by atoms with E-state index < -0.39 is 0 Å². The minimum absolute atomic E-state index is 0.00415. The quantitative estimate of drug-likeness (QED) is 0.836. The average Bonchev–Trinajstić information content (AvgIpc) is 2.45. The zero-order valence-electron chi connectivity index (χ0n) is 11.1. The third-order valence-electron chi connectivity index (χ3n) is 3.15. The monoisotopic (exact) mass is 348 g/mol. The Morgan fingerprint density at radius 2 is 2.24 bits per heavy atom. The Labute approximate surface area is 130 Å². The van der Waals surface area contributed by atoms with Crippen molar-refractivity contribution >= 4 is 21.8 Å². The van der Waals surface area contributed by atoms with Gasteiger partial charge in [0, 0.05) is 22.9 Å². The van der Waals surface area contributed by atoms with E-state index in [1.54, 1.807) is 35.5 Å². The van der Waals surface area contributed by atoms with E-state index in [2.05, 4.69) is 31.1 Å². The molecule has 0 spiro atoms. The van der Waals surface area contributed by atoms with Crippen LogP contribution in [0.25, 0.3) is 0 Å². The number of ether oxygens (including phenoxy) is 1. The molecule has 0 unspecified atom stereocenters. The number of aromatic nitrogens is 3. The van der Waals surface area contributed by atoms with Crippen LogP contribution in [0, 0.1) is 0 Å². The minimum Gasteiger partial charge on any atom is -0.471 e. The summed E-state index contributed by atoms with van der Waals surface area (Å²) in [7, 11) is 0. The van der Waals surface area contributed by atoms with Gasteiger partial charge in [-0.3, -0.25) is 4.79 Å². The van der Waals surface area contributed by atoms with Crippen molar-refractivity contribution in [1.82, 2.24) is 20.1 Å². The summed E-state index contributed by atoms with van der Waals surface area (Å²) in [6.45, 7) is 1.16. The maximum atomic E-state index is 12.0. The summed E-state index contributed by atoms with van der Waals surface area (Å²) in [6.07, 6.45) is 3.55. The minimum atomic E-state index is 0.00415. The first-order valence-corrected chi connectivity index (χ1v) is 7.32. The molecule has 1 amide bonds. The highest BCUT2D eigenvalue weighted by Gasteiger charge is 2.32. The van der Waals surface area contributed by atoms with E-state index in [0.717, 1.165) is 4.47 Å². The summed E-state index contributed by atoms with van der Waals surface area (Å²) in [4.78, 5) is 17.9. The van der Waals surface area contributed by atoms with Gasteiger partial charge in [-0.25, -0.2) is 4.98 Å². The van der Waals surface area contributed by atoms with Crippen LogP contribution in [0.15, 0.2) is 41.1 Å². The Morgan fingerprint density at radius 3 is 2.90 bits per heavy atom. The Morgan fingerprint density at radius 1 is 1.38 bits per heavy atom. The van der Waals surface area contributed by atoms with E-state index in [1.165, 1.54) is 0 Å². The van der Waals surface area contributed by atoms with Crippen LogP contribution < -0.4 is 4.74 Å². The van der Waals surface area contributed by atoms with Crippen molar-refractivity contribution in [2.24, 2.45) is 0 Å². The molecule has 108 valence electrons. The van der Waals surface area contributed by atoms with Crippen LogP contribution in [0.1, 0.15) is 5.69 Å². The summed E-state index contributed by atoms with van der Waals surface area (Å²) in [5.41, 5.74) is 0.682. The second kappa shape index (κ2) is 6.17. The highest BCUT2D eigenvalue weighted by Crippen LogP contribution is 2.18. The van der Waals surface area contributed by atoms with Gasteiger partial charge in [-0.05, 0) is 34.1 Å². The van der Waals surface area contributed by atoms with Crippen LogP contribution in [0.2, 0.25) is 0 Å². The molecular formula is C14H13BrN4O2. The van der Waals surface area contributed by atoms with Crippen molar-refractivity contribution in [1.29, 1.82) is 0 Å². The third-order valence-corrected chi connectivity index (χ3v) is 3.62. The molecule has 6 nitrogen and oxygen atoms in total. The second-order valence-electron chi connectivity index (χ2n) is 4.75. The molecule has 0 aromatic carbocycles. The highest BCUT2D eigenvalue weighted by molar-refractivity contribution is 9.10. The number of hydrogen-bond acceptors (Lipinski definition) is 5. The molecule has 3 rings (SSSR count). The Balaban J connectivity index is 1.47. The summed E-state index contributed by atoms with van der Waals surface area (Å²) in [5.74, 6) is 0.614. The number of carbonyl (C=O) groups excluding carboxylic acids is 1. The highest BCUT2D eigenvalue weighted by atomic mass is 79.9. The molecule has 0 aliphatic carbocycles. The fraction of sp³-hybridized carbons (Fsp3) is 0.286. The van der Waals surface area contributed by atoms with Gasteiger partial charge in [-0.15, -0.1) is 0 Å². The molecule has 0 saturated carbocycles. The predicted octanol–water partition coefficient (Wildman–Crippen LogP) is 1.47. The Kier molecular flexibility index (Phi) is 4.10. The zero-order chi connectivity index (χ0) is 14.7. The number of halogens is 1. The number of likely N-dealkylation sites (tertiary alicyclic amines) is 1. The van der Waals surface area contributed by atoms with E-state index in [4.69, 9.17) is 4.74 Å². The fourth-order valence-corrected chi connectivity index (χ4v) is 2.25. The van der Waals surface area contributed by atoms with Crippen LogP contribution in [0.3, 0.4) is 0 Å². The Bertz CT molecular complexity index is 615. The van der Waals surface area contributed by atoms with Crippen molar-refractivity contribution in [3.05, 3.63) is 46.8 Å². The molecule has 1 aliphatic heterocycles. The number of rotatable bonds is 4. The number of nitrogens with zero attached hydrogens (tertiary/aromatic N) is 4. The second-order valence-corrected chi connectivity index (χ2v) is 5.66. The van der Waals surface area contributed by atoms with Crippen molar-refractivity contribution in [3.63, 3.8) is 0 Å². The first-order chi connectivity index (χ1) is 10.2. The zero-order valence-corrected chi connectivity index (χ0v) is 12.7. The van der Waals surface area contributed by atoms with Gasteiger partial charge in [0.15, 0.2) is 0 Å². The van der Waals surface area contributed by atoms with E-state index in [1.807, 2.05) is 6.07 Å². The molecule has 1 saturated heterocycles. The van der Waals surface area contributed by atoms with Crippen LogP contribution in [-0.2, 0) is 11.2 Å². The van der Waals surface area contributed by atoms with Gasteiger partial charge in [0.1, 0.15) is 6.10 Å². The van der Waals surface area contributed by atoms with Gasteiger partial charge in [0.25, 0.3) is 0 Å². The van der Waals surface area contributed by atoms with Crippen LogP contribution in [0.5, 0.6) is 5.88 Å². The lowest BCUT2D eigenvalue weighted by Gasteiger charge is -2.38. The fourth-order valence-electron chi connectivity index (χ4n) is 2.01. The van der Waals surface area contributed by atoms with Crippen molar-refractivity contribution in [2.45, 2.75) is 12.5 Å². The normalized spacial score (nSPS) is 14.6. The molecule has 1 fully saturated rings. The summed E-state index contributed by atoms with van der Waals surface area (Å²) in [5, 5.41) is 7.67. The molecule has 0 atom stereocenters. The molecule has 0 bridgehead atoms. The van der Waals surface area contributed by atoms with E-state index >= 15 is 0 Å². The van der Waals surface area contributed by atoms with E-state index in [-0.39, 0.29) is 18.4 Å². The predicted molar refractivity (Wildman–Crippen MR) is 78.7 cm³/mol. The topological polar surface area (TPSA) is 68.2 Å².